The monoisotopic (exact) mass is 636 g/mol. The summed E-state index contributed by atoms with van der Waals surface area (Å²) in [6.45, 7) is 0.458. The van der Waals surface area contributed by atoms with Gasteiger partial charge in [-0.1, -0.05) is 23.7 Å². The molecule has 5 rings (SSSR count). The highest BCUT2D eigenvalue weighted by Gasteiger charge is 2.38. The number of ether oxygens (including phenoxy) is 4. The first-order valence-corrected chi connectivity index (χ1v) is 15.2. The molecule has 0 spiro atoms. The lowest BCUT2D eigenvalue weighted by atomic mass is 9.98. The first-order chi connectivity index (χ1) is 21.4. The van der Waals surface area contributed by atoms with Gasteiger partial charge in [-0.3, -0.25) is 14.5 Å². The Bertz CT molecular complexity index is 1630. The van der Waals surface area contributed by atoms with Crippen molar-refractivity contribution in [3.8, 4) is 34.2 Å². The summed E-state index contributed by atoms with van der Waals surface area (Å²) in [6, 6.07) is 20.3. The molecule has 1 atom stereocenters. The van der Waals surface area contributed by atoms with E-state index in [2.05, 4.69) is 5.32 Å². The molecule has 44 heavy (non-hydrogen) atoms. The number of aromatic nitrogens is 2. The van der Waals surface area contributed by atoms with Crippen LogP contribution in [0.5, 0.6) is 17.2 Å². The van der Waals surface area contributed by atoms with E-state index in [0.29, 0.717) is 52.6 Å². The third kappa shape index (κ3) is 6.50. The third-order valence-electron chi connectivity index (χ3n) is 7.17. The molecule has 0 aliphatic carbocycles. The predicted molar refractivity (Wildman–Crippen MR) is 172 cm³/mol. The predicted octanol–water partition coefficient (Wildman–Crippen LogP) is 5.15. The van der Waals surface area contributed by atoms with Gasteiger partial charge in [-0.25, -0.2) is 4.68 Å². The Morgan fingerprint density at radius 1 is 0.977 bits per heavy atom. The minimum absolute atomic E-state index is 0.105. The van der Waals surface area contributed by atoms with Gasteiger partial charge in [0.05, 0.1) is 50.3 Å². The van der Waals surface area contributed by atoms with Crippen molar-refractivity contribution >= 4 is 41.0 Å². The topological polar surface area (TPSA) is 104 Å². The van der Waals surface area contributed by atoms with E-state index in [1.54, 1.807) is 45.3 Å². The number of fused-ring (bicyclic) bond motifs is 1. The molecule has 1 N–H and O–H groups in total. The van der Waals surface area contributed by atoms with Gasteiger partial charge in [0.1, 0.15) is 29.6 Å². The van der Waals surface area contributed by atoms with E-state index in [1.165, 1.54) is 16.7 Å². The van der Waals surface area contributed by atoms with Gasteiger partial charge in [0.25, 0.3) is 0 Å². The fraction of sp³-hybridized carbons (Fsp3) is 0.281. The van der Waals surface area contributed by atoms with Crippen LogP contribution in [0.15, 0.2) is 66.7 Å². The minimum atomic E-state index is -0.418. The number of methoxy groups -OCH3 is 4. The number of benzene rings is 3. The molecule has 1 aliphatic heterocycles. The quantitative estimate of drug-likeness (QED) is 0.226. The minimum Gasteiger partial charge on any atom is -0.497 e. The maximum absolute atomic E-state index is 13.9. The van der Waals surface area contributed by atoms with Crippen LogP contribution in [0.3, 0.4) is 0 Å². The van der Waals surface area contributed by atoms with Gasteiger partial charge in [0.2, 0.25) is 11.8 Å². The average molecular weight is 637 g/mol. The fourth-order valence-electron chi connectivity index (χ4n) is 5.03. The first kappa shape index (κ1) is 31.2. The van der Waals surface area contributed by atoms with E-state index < -0.39 is 5.25 Å². The lowest BCUT2D eigenvalue weighted by molar-refractivity contribution is -0.123. The number of thioether (sulfide) groups is 1. The molecule has 0 saturated heterocycles. The zero-order valence-electron chi connectivity index (χ0n) is 24.8. The van der Waals surface area contributed by atoms with E-state index in [1.807, 2.05) is 54.6 Å². The van der Waals surface area contributed by atoms with Crippen LogP contribution in [-0.2, 0) is 14.3 Å². The Morgan fingerprint density at radius 2 is 1.68 bits per heavy atom. The molecule has 230 valence electrons. The van der Waals surface area contributed by atoms with Crippen molar-refractivity contribution in [2.24, 2.45) is 0 Å². The standard InChI is InChI=1S/C32H33ClN4O6S/c1-40-16-15-34-27(38)18-36-28(39)19-44-31(25-17-24(42-3)13-14-26(25)43-4)29-30(20-5-7-21(33)8-6-20)35-37(32(29)36)22-9-11-23(41-2)12-10-22/h5-14,17,31H,15-16,18-19H2,1-4H3,(H,34,38)/t31-/m0/s1. The molecule has 3 aromatic carbocycles. The Kier molecular flexibility index (Phi) is 9.99. The number of rotatable bonds is 11. The van der Waals surface area contributed by atoms with Crippen molar-refractivity contribution in [2.75, 3.05) is 58.8 Å². The van der Waals surface area contributed by atoms with Crippen molar-refractivity contribution in [1.29, 1.82) is 0 Å². The molecule has 2 heterocycles. The van der Waals surface area contributed by atoms with Gasteiger partial charge in [-0.15, -0.1) is 11.8 Å². The number of nitrogens with one attached hydrogen (secondary N) is 1. The van der Waals surface area contributed by atoms with E-state index in [0.717, 1.165) is 16.7 Å². The smallest absolute Gasteiger partial charge is 0.240 e. The summed E-state index contributed by atoms with van der Waals surface area (Å²) in [6.07, 6.45) is 0. The second-order valence-corrected chi connectivity index (χ2v) is 11.4. The number of halogens is 1. The average Bonchev–Trinajstić information content (AvgIpc) is 3.37. The van der Waals surface area contributed by atoms with E-state index >= 15 is 0 Å². The Labute approximate surface area is 265 Å². The lowest BCUT2D eigenvalue weighted by Gasteiger charge is -2.23. The van der Waals surface area contributed by atoms with E-state index in [-0.39, 0.29) is 24.1 Å². The summed E-state index contributed by atoms with van der Waals surface area (Å²) in [7, 11) is 6.37. The van der Waals surface area contributed by atoms with Gasteiger partial charge >= 0.3 is 0 Å². The van der Waals surface area contributed by atoms with Crippen LogP contribution >= 0.6 is 23.4 Å². The van der Waals surface area contributed by atoms with Gasteiger partial charge in [-0.05, 0) is 54.6 Å². The molecular weight excluding hydrogens is 604 g/mol. The van der Waals surface area contributed by atoms with Crippen LogP contribution in [0.4, 0.5) is 5.82 Å². The summed E-state index contributed by atoms with van der Waals surface area (Å²) < 4.78 is 23.6. The number of carbonyl (C=O) groups is 2. The SMILES string of the molecule is COCCNC(=O)CN1C(=O)CS[C@@H](c2cc(OC)ccc2OC)c2c(-c3ccc(Cl)cc3)nn(-c3ccc(OC)cc3)c21. The Hall–Kier alpha value is -4.19. The number of hydrogen-bond acceptors (Lipinski definition) is 8. The van der Waals surface area contributed by atoms with Crippen molar-refractivity contribution in [2.45, 2.75) is 5.25 Å². The third-order valence-corrected chi connectivity index (χ3v) is 8.66. The van der Waals surface area contributed by atoms with Crippen LogP contribution in [0.1, 0.15) is 16.4 Å². The Balaban J connectivity index is 1.79. The molecule has 0 fully saturated rings. The zero-order valence-corrected chi connectivity index (χ0v) is 26.4. The fourth-order valence-corrected chi connectivity index (χ4v) is 6.36. The summed E-state index contributed by atoms with van der Waals surface area (Å²) in [5.74, 6) is 1.97. The summed E-state index contributed by atoms with van der Waals surface area (Å²) in [5, 5.41) is 8.10. The molecule has 10 nitrogen and oxygen atoms in total. The van der Waals surface area contributed by atoms with Gasteiger partial charge in [0, 0.05) is 35.4 Å². The highest BCUT2D eigenvalue weighted by molar-refractivity contribution is 8.00. The van der Waals surface area contributed by atoms with Crippen molar-refractivity contribution in [3.63, 3.8) is 0 Å². The molecule has 12 heteroatoms. The molecule has 0 radical (unpaired) electrons. The number of amides is 2. The summed E-state index contributed by atoms with van der Waals surface area (Å²) in [5.41, 5.74) is 3.67. The molecule has 0 unspecified atom stereocenters. The van der Waals surface area contributed by atoms with Crippen LogP contribution in [-0.4, -0.2) is 75.5 Å². The molecule has 0 saturated carbocycles. The van der Waals surface area contributed by atoms with E-state index in [9.17, 15) is 9.59 Å². The van der Waals surface area contributed by atoms with Crippen LogP contribution in [0, 0.1) is 0 Å². The second-order valence-electron chi connectivity index (χ2n) is 9.82. The molecule has 0 bridgehead atoms. The Morgan fingerprint density at radius 3 is 2.34 bits per heavy atom. The molecule has 2 amide bonds. The maximum atomic E-state index is 13.9. The van der Waals surface area contributed by atoms with Gasteiger partial charge in [-0.2, -0.15) is 5.10 Å². The number of anilines is 1. The molecule has 1 aliphatic rings. The molecule has 4 aromatic rings. The molecule has 1 aromatic heterocycles. The zero-order chi connectivity index (χ0) is 31.2. The van der Waals surface area contributed by atoms with Crippen molar-refractivity contribution < 1.29 is 28.5 Å². The van der Waals surface area contributed by atoms with Gasteiger partial charge < -0.3 is 24.3 Å². The van der Waals surface area contributed by atoms with Crippen LogP contribution in [0.2, 0.25) is 5.02 Å². The highest BCUT2D eigenvalue weighted by Crippen LogP contribution is 2.51. The maximum Gasteiger partial charge on any atom is 0.240 e. The molecular formula is C32H33ClN4O6S. The normalized spacial score (nSPS) is 14.5. The number of carbonyl (C=O) groups excluding carboxylic acids is 2. The largest absolute Gasteiger partial charge is 0.497 e. The number of nitrogens with zero attached hydrogens (tertiary/aromatic N) is 3. The van der Waals surface area contributed by atoms with Gasteiger partial charge in [0.15, 0.2) is 0 Å². The van der Waals surface area contributed by atoms with Crippen molar-refractivity contribution in [3.05, 3.63) is 82.9 Å². The van der Waals surface area contributed by atoms with Crippen LogP contribution in [0.25, 0.3) is 16.9 Å². The van der Waals surface area contributed by atoms with Crippen LogP contribution < -0.4 is 24.4 Å². The summed E-state index contributed by atoms with van der Waals surface area (Å²) >= 11 is 7.71. The van der Waals surface area contributed by atoms with E-state index in [4.69, 9.17) is 35.6 Å². The van der Waals surface area contributed by atoms with Crippen molar-refractivity contribution in [1.82, 2.24) is 15.1 Å². The summed E-state index contributed by atoms with van der Waals surface area (Å²) in [4.78, 5) is 28.6. The first-order valence-electron chi connectivity index (χ1n) is 13.8. The highest BCUT2D eigenvalue weighted by atomic mass is 35.5. The second kappa shape index (κ2) is 14.1. The number of hydrogen-bond donors (Lipinski definition) is 1. The lowest BCUT2D eigenvalue weighted by Crippen LogP contribution is -2.43.